The van der Waals surface area contributed by atoms with Gasteiger partial charge in [0.25, 0.3) is 0 Å². The number of thiocarbonyl (C=S) groups is 1. The Balaban J connectivity index is 1.42. The summed E-state index contributed by atoms with van der Waals surface area (Å²) < 4.78 is 5.61. The van der Waals surface area contributed by atoms with Crippen LogP contribution in [0.25, 0.3) is 0 Å². The normalized spacial score (nSPS) is 32.3. The molecule has 2 N–H and O–H groups in total. The first-order chi connectivity index (χ1) is 12.1. The van der Waals surface area contributed by atoms with Crippen LogP contribution < -0.4 is 15.4 Å². The predicted molar refractivity (Wildman–Crippen MR) is 103 cm³/mol. The van der Waals surface area contributed by atoms with E-state index < -0.39 is 0 Å². The molecule has 5 heteroatoms. The molecule has 25 heavy (non-hydrogen) atoms. The van der Waals surface area contributed by atoms with Gasteiger partial charge < -0.3 is 15.4 Å². The van der Waals surface area contributed by atoms with Crippen molar-refractivity contribution in [3.63, 3.8) is 0 Å². The van der Waals surface area contributed by atoms with Crippen LogP contribution in [0.1, 0.15) is 45.4 Å². The van der Waals surface area contributed by atoms with E-state index in [2.05, 4.69) is 10.6 Å². The van der Waals surface area contributed by atoms with E-state index in [-0.39, 0.29) is 11.3 Å². The second kappa shape index (κ2) is 6.60. The van der Waals surface area contributed by atoms with Gasteiger partial charge in [-0.3, -0.25) is 4.79 Å². The molecule has 0 heterocycles. The van der Waals surface area contributed by atoms with Gasteiger partial charge in [-0.1, -0.05) is 12.1 Å². The van der Waals surface area contributed by atoms with Gasteiger partial charge in [-0.15, -0.1) is 0 Å². The lowest BCUT2D eigenvalue weighted by atomic mass is 9.49. The van der Waals surface area contributed by atoms with Crippen LogP contribution >= 0.6 is 12.2 Å². The largest absolute Gasteiger partial charge is 0.492 e. The third-order valence-electron chi connectivity index (χ3n) is 6.18. The molecular formula is C20H26N2O2S. The molecule has 5 rings (SSSR count). The molecule has 4 bridgehead atoms. The second-order valence-corrected chi connectivity index (χ2v) is 8.44. The lowest BCUT2D eigenvalue weighted by Gasteiger charge is -2.55. The van der Waals surface area contributed by atoms with Crippen molar-refractivity contribution in [1.29, 1.82) is 0 Å². The van der Waals surface area contributed by atoms with Crippen molar-refractivity contribution in [2.75, 3.05) is 11.9 Å². The van der Waals surface area contributed by atoms with Gasteiger partial charge in [-0.25, -0.2) is 0 Å². The summed E-state index contributed by atoms with van der Waals surface area (Å²) >= 11 is 5.41. The van der Waals surface area contributed by atoms with Crippen molar-refractivity contribution >= 4 is 28.9 Å². The van der Waals surface area contributed by atoms with Crippen LogP contribution in [0.15, 0.2) is 24.3 Å². The Bertz CT molecular complexity index is 653. The van der Waals surface area contributed by atoms with Gasteiger partial charge in [-0.2, -0.15) is 0 Å². The summed E-state index contributed by atoms with van der Waals surface area (Å²) in [5.41, 5.74) is 0.611. The van der Waals surface area contributed by atoms with Gasteiger partial charge in [0.2, 0.25) is 5.91 Å². The number of carbonyl (C=O) groups excluding carboxylic acids is 1. The third kappa shape index (κ3) is 3.26. The first-order valence-corrected chi connectivity index (χ1v) is 9.83. The first-order valence-electron chi connectivity index (χ1n) is 9.42. The van der Waals surface area contributed by atoms with E-state index in [0.717, 1.165) is 48.5 Å². The topological polar surface area (TPSA) is 50.4 Å². The zero-order valence-corrected chi connectivity index (χ0v) is 15.5. The summed E-state index contributed by atoms with van der Waals surface area (Å²) in [6, 6.07) is 7.66. The molecule has 0 unspecified atom stereocenters. The molecule has 1 aromatic carbocycles. The highest BCUT2D eigenvalue weighted by Gasteiger charge is 2.54. The fourth-order valence-electron chi connectivity index (χ4n) is 5.63. The number of para-hydroxylation sites is 2. The van der Waals surface area contributed by atoms with Gasteiger partial charge in [-0.05, 0) is 87.6 Å². The van der Waals surface area contributed by atoms with Gasteiger partial charge in [0.15, 0.2) is 5.11 Å². The average Bonchev–Trinajstić information content (AvgIpc) is 2.55. The number of carbonyl (C=O) groups is 1. The number of anilines is 1. The maximum Gasteiger partial charge on any atom is 0.232 e. The Hall–Kier alpha value is -1.62. The summed E-state index contributed by atoms with van der Waals surface area (Å²) in [5, 5.41) is 6.48. The van der Waals surface area contributed by atoms with Crippen molar-refractivity contribution in [3.05, 3.63) is 24.3 Å². The van der Waals surface area contributed by atoms with Crippen molar-refractivity contribution in [3.8, 4) is 5.75 Å². The summed E-state index contributed by atoms with van der Waals surface area (Å²) in [6.45, 7) is 2.54. The van der Waals surface area contributed by atoms with Crippen LogP contribution in [0.4, 0.5) is 5.69 Å². The Labute approximate surface area is 154 Å². The first kappa shape index (κ1) is 16.8. The van der Waals surface area contributed by atoms with E-state index in [1.807, 2.05) is 31.2 Å². The third-order valence-corrected chi connectivity index (χ3v) is 6.39. The molecule has 4 aliphatic carbocycles. The standard InChI is InChI=1S/C20H26N2O2S/c1-2-24-17-6-4-3-5-16(17)21-19(25)22-18(23)20-10-13-7-14(11-20)9-15(8-13)12-20/h3-6,13-15H,2,7-12H2,1H3,(H2,21,22,23,25). The predicted octanol–water partition coefficient (Wildman–Crippen LogP) is 4.11. The van der Waals surface area contributed by atoms with Crippen LogP contribution in [-0.2, 0) is 4.79 Å². The van der Waals surface area contributed by atoms with Crippen LogP contribution in [0.3, 0.4) is 0 Å². The number of rotatable bonds is 4. The number of ether oxygens (including phenoxy) is 1. The molecule has 0 atom stereocenters. The molecule has 4 aliphatic rings. The molecule has 0 aliphatic heterocycles. The number of hydrogen-bond donors (Lipinski definition) is 2. The number of benzene rings is 1. The molecule has 0 aromatic heterocycles. The van der Waals surface area contributed by atoms with E-state index in [0.29, 0.717) is 11.7 Å². The van der Waals surface area contributed by atoms with Gasteiger partial charge in [0.1, 0.15) is 5.75 Å². The van der Waals surface area contributed by atoms with Crippen LogP contribution in [0, 0.1) is 23.2 Å². The Morgan fingerprint density at radius 2 is 1.76 bits per heavy atom. The maximum absolute atomic E-state index is 13.0. The highest BCUT2D eigenvalue weighted by molar-refractivity contribution is 7.80. The molecule has 0 radical (unpaired) electrons. The van der Waals surface area contributed by atoms with E-state index >= 15 is 0 Å². The minimum absolute atomic E-state index is 0.123. The lowest BCUT2D eigenvalue weighted by Crippen LogP contribution is -2.55. The average molecular weight is 359 g/mol. The van der Waals surface area contributed by atoms with Crippen LogP contribution in [0.5, 0.6) is 5.75 Å². The van der Waals surface area contributed by atoms with Crippen molar-refractivity contribution in [1.82, 2.24) is 5.32 Å². The Morgan fingerprint density at radius 3 is 2.36 bits per heavy atom. The van der Waals surface area contributed by atoms with Gasteiger partial charge in [0, 0.05) is 0 Å². The summed E-state index contributed by atoms with van der Waals surface area (Å²) in [4.78, 5) is 13.0. The quantitative estimate of drug-likeness (QED) is 0.795. The Morgan fingerprint density at radius 1 is 1.16 bits per heavy atom. The molecule has 4 nitrogen and oxygen atoms in total. The maximum atomic E-state index is 13.0. The fourth-order valence-corrected chi connectivity index (χ4v) is 5.83. The number of amides is 1. The van der Waals surface area contributed by atoms with Crippen molar-refractivity contribution < 1.29 is 9.53 Å². The van der Waals surface area contributed by atoms with Crippen LogP contribution in [0.2, 0.25) is 0 Å². The highest BCUT2D eigenvalue weighted by Crippen LogP contribution is 2.60. The Kier molecular flexibility index (Phi) is 4.44. The molecule has 1 amide bonds. The zero-order chi connectivity index (χ0) is 17.4. The number of nitrogens with one attached hydrogen (secondary N) is 2. The summed E-state index contributed by atoms with van der Waals surface area (Å²) in [6.07, 6.45) is 7.12. The fraction of sp³-hybridized carbons (Fsp3) is 0.600. The van der Waals surface area contributed by atoms with E-state index in [1.165, 1.54) is 19.3 Å². The molecule has 4 saturated carbocycles. The molecule has 4 fully saturated rings. The zero-order valence-electron chi connectivity index (χ0n) is 14.7. The molecule has 0 saturated heterocycles. The number of hydrogen-bond acceptors (Lipinski definition) is 3. The highest BCUT2D eigenvalue weighted by atomic mass is 32.1. The molecule has 1 aromatic rings. The van der Waals surface area contributed by atoms with Crippen LogP contribution in [-0.4, -0.2) is 17.6 Å². The molecule has 134 valence electrons. The second-order valence-electron chi connectivity index (χ2n) is 8.04. The molecule has 0 spiro atoms. The minimum atomic E-state index is -0.181. The van der Waals surface area contributed by atoms with Crippen molar-refractivity contribution in [2.45, 2.75) is 45.4 Å². The summed E-state index contributed by atoms with van der Waals surface area (Å²) in [5.74, 6) is 3.11. The van der Waals surface area contributed by atoms with Crippen molar-refractivity contribution in [2.24, 2.45) is 23.2 Å². The smallest absolute Gasteiger partial charge is 0.232 e. The van der Waals surface area contributed by atoms with E-state index in [1.54, 1.807) is 0 Å². The van der Waals surface area contributed by atoms with E-state index in [9.17, 15) is 4.79 Å². The lowest BCUT2D eigenvalue weighted by molar-refractivity contribution is -0.144. The SMILES string of the molecule is CCOc1ccccc1NC(=S)NC(=O)C12CC3CC(CC(C3)C1)C2. The summed E-state index contributed by atoms with van der Waals surface area (Å²) in [7, 11) is 0. The van der Waals surface area contributed by atoms with Gasteiger partial charge >= 0.3 is 0 Å². The monoisotopic (exact) mass is 358 g/mol. The van der Waals surface area contributed by atoms with E-state index in [4.69, 9.17) is 17.0 Å². The molecular weight excluding hydrogens is 332 g/mol. The van der Waals surface area contributed by atoms with Gasteiger partial charge in [0.05, 0.1) is 17.7 Å². The minimum Gasteiger partial charge on any atom is -0.492 e.